The molecule has 0 spiro atoms. The van der Waals surface area contributed by atoms with Gasteiger partial charge in [-0.2, -0.15) is 13.2 Å². The molecule has 8 nitrogen and oxygen atoms in total. The van der Waals surface area contributed by atoms with E-state index in [-0.39, 0.29) is 5.69 Å². The van der Waals surface area contributed by atoms with Gasteiger partial charge in [-0.25, -0.2) is 4.98 Å². The lowest BCUT2D eigenvalue weighted by atomic mass is 10.1. The van der Waals surface area contributed by atoms with E-state index in [1.54, 1.807) is 30.6 Å². The minimum Gasteiger partial charge on any atom is -0.355 e. The van der Waals surface area contributed by atoms with Gasteiger partial charge >= 0.3 is 6.18 Å². The molecule has 0 atom stereocenters. The van der Waals surface area contributed by atoms with Crippen LogP contribution in [-0.2, 0) is 12.7 Å². The van der Waals surface area contributed by atoms with Gasteiger partial charge in [0.1, 0.15) is 5.65 Å². The number of aryl methyl sites for hydroxylation is 1. The van der Waals surface area contributed by atoms with E-state index < -0.39 is 17.6 Å². The Morgan fingerprint density at radius 2 is 1.73 bits per heavy atom. The standard InChI is InChI=1S/C33H32F3N7O/c1-21-3-4-24(17-28(21)40-30-19-29(23-5-8-37-9-6-23)41-31-27(30)7-10-38-31)32(44)39-26-16-22(15-25(18-26)33(34,35)36)20-43-13-11-42(2)12-14-43/h3-10,15-19H,11-14,20H2,1-2H3,(H,39,44)(H2,38,40,41). The number of rotatable bonds is 7. The van der Waals surface area contributed by atoms with Crippen LogP contribution in [0.5, 0.6) is 0 Å². The first-order chi connectivity index (χ1) is 21.1. The van der Waals surface area contributed by atoms with Gasteiger partial charge in [-0.3, -0.25) is 14.7 Å². The first kappa shape index (κ1) is 29.3. The molecule has 0 unspecified atom stereocenters. The molecule has 1 aliphatic heterocycles. The molecule has 0 radical (unpaired) electrons. The fourth-order valence-corrected chi connectivity index (χ4v) is 5.34. The molecule has 0 saturated carbocycles. The first-order valence-corrected chi connectivity index (χ1v) is 14.3. The summed E-state index contributed by atoms with van der Waals surface area (Å²) in [6.45, 7) is 5.54. The Kier molecular flexibility index (Phi) is 8.07. The van der Waals surface area contributed by atoms with Crippen LogP contribution in [0.4, 0.5) is 30.2 Å². The van der Waals surface area contributed by atoms with Gasteiger partial charge in [0.15, 0.2) is 0 Å². The van der Waals surface area contributed by atoms with Crippen LogP contribution in [0, 0.1) is 6.92 Å². The largest absolute Gasteiger partial charge is 0.416 e. The molecule has 1 amide bonds. The number of H-pyrrole nitrogens is 1. The second-order valence-electron chi connectivity index (χ2n) is 11.1. The lowest BCUT2D eigenvalue weighted by Gasteiger charge is -2.32. The van der Waals surface area contributed by atoms with Crippen molar-refractivity contribution in [2.24, 2.45) is 0 Å². The number of hydrogen-bond acceptors (Lipinski definition) is 6. The third kappa shape index (κ3) is 6.58. The number of aromatic amines is 1. The Hall–Kier alpha value is -4.74. The van der Waals surface area contributed by atoms with Crippen LogP contribution < -0.4 is 10.6 Å². The Morgan fingerprint density at radius 3 is 2.48 bits per heavy atom. The zero-order valence-corrected chi connectivity index (χ0v) is 24.4. The van der Waals surface area contributed by atoms with Crippen LogP contribution in [-0.4, -0.2) is 63.9 Å². The third-order valence-corrected chi connectivity index (χ3v) is 7.85. The van der Waals surface area contributed by atoms with E-state index in [9.17, 15) is 18.0 Å². The number of pyridine rings is 2. The van der Waals surface area contributed by atoms with Gasteiger partial charge in [-0.05, 0) is 79.7 Å². The van der Waals surface area contributed by atoms with Crippen LogP contribution in [0.2, 0.25) is 0 Å². The number of aromatic nitrogens is 3. The maximum Gasteiger partial charge on any atom is 0.416 e. The quantitative estimate of drug-likeness (QED) is 0.193. The summed E-state index contributed by atoms with van der Waals surface area (Å²) in [5, 5.41) is 7.02. The number of carbonyl (C=O) groups is 1. The topological polar surface area (TPSA) is 89.2 Å². The highest BCUT2D eigenvalue weighted by Crippen LogP contribution is 2.34. The summed E-state index contributed by atoms with van der Waals surface area (Å²) >= 11 is 0. The van der Waals surface area contributed by atoms with Crippen LogP contribution >= 0.6 is 0 Å². The van der Waals surface area contributed by atoms with E-state index >= 15 is 0 Å². The van der Waals surface area contributed by atoms with Crippen LogP contribution in [0.1, 0.15) is 27.0 Å². The van der Waals surface area contributed by atoms with E-state index in [0.717, 1.165) is 60.1 Å². The zero-order valence-electron chi connectivity index (χ0n) is 24.4. The number of anilines is 3. The molecule has 0 aliphatic carbocycles. The summed E-state index contributed by atoms with van der Waals surface area (Å²) in [4.78, 5) is 29.7. The summed E-state index contributed by atoms with van der Waals surface area (Å²) in [6, 6.07) is 16.5. The van der Waals surface area contributed by atoms with E-state index in [1.165, 1.54) is 6.07 Å². The second kappa shape index (κ2) is 12.1. The summed E-state index contributed by atoms with van der Waals surface area (Å²) in [7, 11) is 2.03. The van der Waals surface area contributed by atoms with Gasteiger partial charge in [0.25, 0.3) is 5.91 Å². The Bertz CT molecular complexity index is 1800. The molecule has 1 aliphatic rings. The number of halogens is 3. The number of alkyl halides is 3. The zero-order chi connectivity index (χ0) is 30.8. The van der Waals surface area contributed by atoms with Crippen molar-refractivity contribution in [3.8, 4) is 11.3 Å². The normalized spacial score (nSPS) is 14.6. The maximum absolute atomic E-state index is 13.8. The molecule has 3 N–H and O–H groups in total. The van der Waals surface area contributed by atoms with E-state index in [0.29, 0.717) is 29.0 Å². The number of benzene rings is 2. The number of nitrogens with zero attached hydrogens (tertiary/aromatic N) is 4. The molecule has 226 valence electrons. The maximum atomic E-state index is 13.8. The predicted molar refractivity (Wildman–Crippen MR) is 166 cm³/mol. The molecule has 5 aromatic rings. The SMILES string of the molecule is Cc1ccc(C(=O)Nc2cc(CN3CCN(C)CC3)cc(C(F)(F)F)c2)cc1Nc1cc(-c2ccncc2)nc2[nH]ccc12. The monoisotopic (exact) mass is 599 g/mol. The second-order valence-corrected chi connectivity index (χ2v) is 11.1. The number of amides is 1. The van der Waals surface area contributed by atoms with Gasteiger partial charge in [-0.1, -0.05) is 6.07 Å². The van der Waals surface area contributed by atoms with Gasteiger partial charge in [0.2, 0.25) is 0 Å². The van der Waals surface area contributed by atoms with Crippen molar-refractivity contribution in [2.45, 2.75) is 19.6 Å². The van der Waals surface area contributed by atoms with Crippen molar-refractivity contribution in [2.75, 3.05) is 43.9 Å². The number of carbonyl (C=O) groups excluding carboxylic acids is 1. The number of fused-ring (bicyclic) bond motifs is 1. The lowest BCUT2D eigenvalue weighted by Crippen LogP contribution is -2.43. The van der Waals surface area contributed by atoms with Crippen LogP contribution in [0.15, 0.2) is 79.3 Å². The average molecular weight is 600 g/mol. The van der Waals surface area contributed by atoms with E-state index in [1.807, 2.05) is 50.5 Å². The highest BCUT2D eigenvalue weighted by Gasteiger charge is 2.31. The fourth-order valence-electron chi connectivity index (χ4n) is 5.34. The lowest BCUT2D eigenvalue weighted by molar-refractivity contribution is -0.137. The molecule has 0 bridgehead atoms. The van der Waals surface area contributed by atoms with Gasteiger partial charge in [-0.15, -0.1) is 0 Å². The molecular weight excluding hydrogens is 567 g/mol. The van der Waals surface area contributed by atoms with Crippen molar-refractivity contribution in [3.63, 3.8) is 0 Å². The highest BCUT2D eigenvalue weighted by atomic mass is 19.4. The van der Waals surface area contributed by atoms with Crippen molar-refractivity contribution >= 4 is 34.0 Å². The summed E-state index contributed by atoms with van der Waals surface area (Å²) in [5.74, 6) is -0.503. The van der Waals surface area contributed by atoms with E-state index in [4.69, 9.17) is 4.98 Å². The first-order valence-electron chi connectivity index (χ1n) is 14.3. The molecule has 1 fully saturated rings. The number of piperazine rings is 1. The smallest absolute Gasteiger partial charge is 0.355 e. The number of likely N-dealkylation sites (N-methyl/N-ethyl adjacent to an activating group) is 1. The predicted octanol–water partition coefficient (Wildman–Crippen LogP) is 6.70. The van der Waals surface area contributed by atoms with Crippen molar-refractivity contribution in [1.29, 1.82) is 0 Å². The molecule has 44 heavy (non-hydrogen) atoms. The Labute approximate surface area is 252 Å². The number of nitrogens with one attached hydrogen (secondary N) is 3. The van der Waals surface area contributed by atoms with Crippen molar-refractivity contribution in [1.82, 2.24) is 24.8 Å². The highest BCUT2D eigenvalue weighted by molar-refractivity contribution is 6.05. The minimum absolute atomic E-state index is 0.106. The Morgan fingerprint density at radius 1 is 0.955 bits per heavy atom. The molecule has 6 rings (SSSR count). The number of hydrogen-bond donors (Lipinski definition) is 3. The summed E-state index contributed by atoms with van der Waals surface area (Å²) < 4.78 is 41.4. The van der Waals surface area contributed by atoms with Gasteiger partial charge in [0, 0.05) is 79.2 Å². The average Bonchev–Trinajstić information content (AvgIpc) is 3.48. The fraction of sp³-hybridized carbons (Fsp3) is 0.242. The van der Waals surface area contributed by atoms with Gasteiger partial charge < -0.3 is 20.5 Å². The van der Waals surface area contributed by atoms with Crippen LogP contribution in [0.25, 0.3) is 22.3 Å². The Balaban J connectivity index is 1.26. The molecular formula is C33H32F3N7O. The van der Waals surface area contributed by atoms with E-state index in [2.05, 4.69) is 30.4 Å². The van der Waals surface area contributed by atoms with Crippen molar-refractivity contribution < 1.29 is 18.0 Å². The summed E-state index contributed by atoms with van der Waals surface area (Å²) in [5.41, 5.74) is 4.84. The molecule has 11 heteroatoms. The molecule has 3 aromatic heterocycles. The molecule has 1 saturated heterocycles. The molecule has 4 heterocycles. The third-order valence-electron chi connectivity index (χ3n) is 7.85. The van der Waals surface area contributed by atoms with Gasteiger partial charge in [0.05, 0.1) is 16.9 Å². The molecule has 2 aromatic carbocycles. The van der Waals surface area contributed by atoms with Crippen LogP contribution in [0.3, 0.4) is 0 Å². The minimum atomic E-state index is -4.54. The van der Waals surface area contributed by atoms with Crippen molar-refractivity contribution in [3.05, 3.63) is 102 Å². The summed E-state index contributed by atoms with van der Waals surface area (Å²) in [6.07, 6.45) is 0.675.